The molecule has 2 aliphatic heterocycles. The van der Waals surface area contributed by atoms with Gasteiger partial charge in [-0.15, -0.1) is 24.8 Å². The van der Waals surface area contributed by atoms with Gasteiger partial charge in [0.15, 0.2) is 0 Å². The molecule has 0 unspecified atom stereocenters. The van der Waals surface area contributed by atoms with Gasteiger partial charge in [-0.25, -0.2) is 27.1 Å². The molecule has 0 saturated heterocycles. The lowest BCUT2D eigenvalue weighted by atomic mass is 9.99. The van der Waals surface area contributed by atoms with Crippen LogP contribution in [0.5, 0.6) is 0 Å². The van der Waals surface area contributed by atoms with E-state index in [0.29, 0.717) is 13.1 Å². The van der Waals surface area contributed by atoms with Gasteiger partial charge >= 0.3 is 0 Å². The van der Waals surface area contributed by atoms with Gasteiger partial charge in [-0.2, -0.15) is 0 Å². The molecule has 0 amide bonds. The zero-order valence-electron chi connectivity index (χ0n) is 16.7. The average Bonchev–Trinajstić information content (AvgIpc) is 2.65. The zero-order valence-corrected chi connectivity index (χ0v) is 20.0. The number of nitrogens with two attached hydrogens (primary N) is 2. The summed E-state index contributed by atoms with van der Waals surface area (Å²) in [5.74, 6) is 0. The summed E-state index contributed by atoms with van der Waals surface area (Å²) in [6.07, 6.45) is 1.69. The van der Waals surface area contributed by atoms with E-state index in [4.69, 9.17) is 10.3 Å². The average molecular weight is 509 g/mol. The number of fused-ring (bicyclic) bond motifs is 2. The van der Waals surface area contributed by atoms with Gasteiger partial charge in [0.1, 0.15) is 0 Å². The molecule has 4 rings (SSSR count). The highest BCUT2D eigenvalue weighted by atomic mass is 35.5. The van der Waals surface area contributed by atoms with Crippen molar-refractivity contribution in [3.63, 3.8) is 0 Å². The normalized spacial score (nSPS) is 17.1. The molecule has 0 saturated carbocycles. The van der Waals surface area contributed by atoms with Crippen LogP contribution in [0.25, 0.3) is 0 Å². The lowest BCUT2D eigenvalue weighted by Crippen LogP contribution is -2.42. The van der Waals surface area contributed by atoms with Crippen molar-refractivity contribution in [2.45, 2.75) is 35.7 Å². The van der Waals surface area contributed by atoms with Gasteiger partial charge < -0.3 is 0 Å². The fourth-order valence-corrected chi connectivity index (χ4v) is 5.19. The van der Waals surface area contributed by atoms with Crippen LogP contribution in [0, 0.1) is 0 Å². The van der Waals surface area contributed by atoms with E-state index in [1.165, 1.54) is 0 Å². The Morgan fingerprint density at radius 3 is 1.42 bits per heavy atom. The van der Waals surface area contributed by atoms with Crippen molar-refractivity contribution >= 4 is 44.9 Å². The summed E-state index contributed by atoms with van der Waals surface area (Å²) in [5, 5.41) is 10.5. The van der Waals surface area contributed by atoms with Crippen LogP contribution < -0.4 is 10.3 Å². The van der Waals surface area contributed by atoms with E-state index in [0.717, 1.165) is 54.9 Å². The van der Waals surface area contributed by atoms with Crippen molar-refractivity contribution in [1.29, 1.82) is 0 Å². The van der Waals surface area contributed by atoms with Gasteiger partial charge in [0, 0.05) is 26.2 Å². The second kappa shape index (κ2) is 9.72. The first-order valence-electron chi connectivity index (χ1n) is 9.33. The monoisotopic (exact) mass is 508 g/mol. The second-order valence-electron chi connectivity index (χ2n) is 7.70. The van der Waals surface area contributed by atoms with Crippen molar-refractivity contribution in [3.8, 4) is 0 Å². The highest BCUT2D eigenvalue weighted by Crippen LogP contribution is 2.25. The van der Waals surface area contributed by atoms with E-state index in [1.807, 2.05) is 12.1 Å². The Morgan fingerprint density at radius 2 is 1.06 bits per heavy atom. The Balaban J connectivity index is 0.00000171. The first-order valence-corrected chi connectivity index (χ1v) is 12.4. The molecule has 0 spiro atoms. The maximum Gasteiger partial charge on any atom is 0.238 e. The van der Waals surface area contributed by atoms with Gasteiger partial charge in [-0.1, -0.05) is 12.1 Å². The highest BCUT2D eigenvalue weighted by Gasteiger charge is 2.23. The topological polar surface area (TPSA) is 127 Å². The highest BCUT2D eigenvalue weighted by molar-refractivity contribution is 7.89. The second-order valence-corrected chi connectivity index (χ2v) is 10.8. The van der Waals surface area contributed by atoms with E-state index in [2.05, 4.69) is 9.80 Å². The third kappa shape index (κ3) is 5.96. The minimum absolute atomic E-state index is 0. The first kappa shape index (κ1) is 26.0. The molecule has 0 fully saturated rings. The third-order valence-corrected chi connectivity index (χ3v) is 7.42. The molecular formula is C19H26Cl2N4O4S2. The van der Waals surface area contributed by atoms with Crippen LogP contribution >= 0.6 is 24.8 Å². The van der Waals surface area contributed by atoms with Crippen LogP contribution in [0.1, 0.15) is 22.3 Å². The maximum absolute atomic E-state index is 11.6. The van der Waals surface area contributed by atoms with Gasteiger partial charge in [0.2, 0.25) is 20.0 Å². The van der Waals surface area contributed by atoms with Crippen LogP contribution in [0.3, 0.4) is 0 Å². The van der Waals surface area contributed by atoms with Gasteiger partial charge in [-0.05, 0) is 59.4 Å². The molecule has 0 aliphatic carbocycles. The molecule has 4 N–H and O–H groups in total. The SMILES string of the molecule is Cl.Cl.NS(=O)(=O)c1ccc2c(c1)CN(CN1CCc3ccc(S(N)(=O)=O)cc3C1)CC2. The summed E-state index contributed by atoms with van der Waals surface area (Å²) in [4.78, 5) is 4.81. The number of halogens is 2. The first-order chi connectivity index (χ1) is 13.6. The number of nitrogens with zero attached hydrogens (tertiary/aromatic N) is 2. The van der Waals surface area contributed by atoms with Crippen molar-refractivity contribution in [3.05, 3.63) is 58.7 Å². The van der Waals surface area contributed by atoms with Crippen molar-refractivity contribution in [2.24, 2.45) is 10.3 Å². The summed E-state index contributed by atoms with van der Waals surface area (Å²) < 4.78 is 46.5. The fourth-order valence-electron chi connectivity index (χ4n) is 4.06. The molecule has 2 aromatic rings. The smallest absolute Gasteiger partial charge is 0.238 e. The Morgan fingerprint density at radius 1 is 0.677 bits per heavy atom. The minimum Gasteiger partial charge on any atom is -0.286 e. The van der Waals surface area contributed by atoms with Crippen molar-refractivity contribution in [1.82, 2.24) is 9.80 Å². The summed E-state index contributed by atoms with van der Waals surface area (Å²) in [6.45, 7) is 3.78. The van der Waals surface area contributed by atoms with Crippen LogP contribution in [0.4, 0.5) is 0 Å². The molecule has 0 bridgehead atoms. The molecule has 8 nitrogen and oxygen atoms in total. The Hall–Kier alpha value is -1.24. The summed E-state index contributed by atoms with van der Waals surface area (Å²) >= 11 is 0. The predicted octanol–water partition coefficient (Wildman–Crippen LogP) is 1.20. The molecule has 0 radical (unpaired) electrons. The summed E-state index contributed by atoms with van der Waals surface area (Å²) in [7, 11) is -7.44. The molecule has 0 aromatic heterocycles. The fraction of sp³-hybridized carbons (Fsp3) is 0.368. The maximum atomic E-state index is 11.6. The molecule has 31 heavy (non-hydrogen) atoms. The van der Waals surface area contributed by atoms with Crippen LogP contribution in [-0.4, -0.2) is 46.4 Å². The largest absolute Gasteiger partial charge is 0.286 e. The Labute approximate surface area is 195 Å². The van der Waals surface area contributed by atoms with Crippen LogP contribution in [-0.2, 0) is 46.0 Å². The summed E-state index contributed by atoms with van der Waals surface area (Å²) in [6, 6.07) is 10.2. The van der Waals surface area contributed by atoms with E-state index in [9.17, 15) is 16.8 Å². The van der Waals surface area contributed by atoms with Gasteiger partial charge in [0.05, 0.1) is 16.5 Å². The lowest BCUT2D eigenvalue weighted by Gasteiger charge is -2.36. The molecule has 172 valence electrons. The molecule has 2 heterocycles. The van der Waals surface area contributed by atoms with Crippen LogP contribution in [0.15, 0.2) is 46.2 Å². The van der Waals surface area contributed by atoms with E-state index < -0.39 is 20.0 Å². The van der Waals surface area contributed by atoms with Crippen molar-refractivity contribution in [2.75, 3.05) is 19.8 Å². The molecule has 2 aliphatic rings. The van der Waals surface area contributed by atoms with Crippen molar-refractivity contribution < 1.29 is 16.8 Å². The number of sulfonamides is 2. The van der Waals surface area contributed by atoms with Crippen LogP contribution in [0.2, 0.25) is 0 Å². The van der Waals surface area contributed by atoms with Gasteiger partial charge in [0.25, 0.3) is 0 Å². The number of rotatable bonds is 4. The molecule has 2 aromatic carbocycles. The molecular weight excluding hydrogens is 483 g/mol. The number of benzene rings is 2. The standard InChI is InChI=1S/C19H24N4O4S2.2ClH/c20-28(24,25)18-3-1-14-5-7-22(11-16(14)9-18)13-23-8-6-15-2-4-19(29(21,26)27)10-17(15)12-23;;/h1-4,9-10H,5-8,11-13H2,(H2,20,24,25)(H2,21,26,27);2*1H. The number of hydrogen-bond donors (Lipinski definition) is 2. The summed E-state index contributed by atoms with van der Waals surface area (Å²) in [5.41, 5.74) is 4.26. The quantitative estimate of drug-likeness (QED) is 0.638. The number of primary sulfonamides is 2. The lowest BCUT2D eigenvalue weighted by molar-refractivity contribution is 0.109. The minimum atomic E-state index is -3.72. The van der Waals surface area contributed by atoms with Gasteiger partial charge in [-0.3, -0.25) is 9.80 Å². The van der Waals surface area contributed by atoms with E-state index >= 15 is 0 Å². The third-order valence-electron chi connectivity index (χ3n) is 5.60. The Bertz CT molecular complexity index is 1080. The zero-order chi connectivity index (χ0) is 20.8. The number of hydrogen-bond acceptors (Lipinski definition) is 6. The van der Waals surface area contributed by atoms with E-state index in [1.54, 1.807) is 24.3 Å². The Kier molecular flexibility index (Phi) is 8.15. The molecule has 12 heteroatoms. The predicted molar refractivity (Wildman–Crippen MR) is 123 cm³/mol. The molecule has 0 atom stereocenters. The van der Waals surface area contributed by atoms with E-state index in [-0.39, 0.29) is 34.6 Å².